The summed E-state index contributed by atoms with van der Waals surface area (Å²) >= 11 is 0. The number of rotatable bonds is 4. The Balaban J connectivity index is 2.45. The van der Waals surface area contributed by atoms with Gasteiger partial charge in [0.2, 0.25) is 5.91 Å². The second-order valence-electron chi connectivity index (χ2n) is 4.38. The van der Waals surface area contributed by atoms with Crippen molar-refractivity contribution in [2.75, 3.05) is 19.6 Å². The van der Waals surface area contributed by atoms with E-state index >= 15 is 0 Å². The minimum atomic E-state index is -0.692. The maximum atomic E-state index is 11.5. The number of nitrogens with zero attached hydrogens (tertiary/aromatic N) is 2. The van der Waals surface area contributed by atoms with Gasteiger partial charge < -0.3 is 5.11 Å². The highest BCUT2D eigenvalue weighted by molar-refractivity contribution is 5.77. The molecule has 4 heteroatoms. The molecule has 0 saturated carbocycles. The van der Waals surface area contributed by atoms with E-state index in [9.17, 15) is 9.90 Å². The van der Waals surface area contributed by atoms with Crippen LogP contribution < -0.4 is 0 Å². The van der Waals surface area contributed by atoms with E-state index in [4.69, 9.17) is 0 Å². The molecule has 1 N–H and O–H groups in total. The first-order valence-corrected chi connectivity index (χ1v) is 5.21. The first kappa shape index (κ1) is 11.5. The molecule has 0 bridgehead atoms. The van der Waals surface area contributed by atoms with Crippen LogP contribution in [0.15, 0.2) is 0 Å². The van der Waals surface area contributed by atoms with Crippen molar-refractivity contribution < 1.29 is 9.90 Å². The zero-order valence-corrected chi connectivity index (χ0v) is 9.29. The third-order valence-electron chi connectivity index (χ3n) is 2.51. The second-order valence-corrected chi connectivity index (χ2v) is 4.38. The lowest BCUT2D eigenvalue weighted by Gasteiger charge is -2.29. The highest BCUT2D eigenvalue weighted by Crippen LogP contribution is 2.15. The summed E-state index contributed by atoms with van der Waals surface area (Å²) in [4.78, 5) is 11.5. The number of aliphatic hydroxyl groups is 1. The second kappa shape index (κ2) is 4.28. The van der Waals surface area contributed by atoms with Gasteiger partial charge in [0, 0.05) is 26.1 Å². The van der Waals surface area contributed by atoms with Crippen molar-refractivity contribution in [3.8, 4) is 0 Å². The van der Waals surface area contributed by atoms with Gasteiger partial charge in [0.1, 0.15) is 0 Å². The average Bonchev–Trinajstić information content (AvgIpc) is 2.41. The molecule has 14 heavy (non-hydrogen) atoms. The van der Waals surface area contributed by atoms with Crippen LogP contribution in [0.5, 0.6) is 0 Å². The summed E-state index contributed by atoms with van der Waals surface area (Å²) in [7, 11) is 0. The van der Waals surface area contributed by atoms with Gasteiger partial charge in [-0.2, -0.15) is 0 Å². The Kier molecular flexibility index (Phi) is 3.50. The van der Waals surface area contributed by atoms with E-state index in [-0.39, 0.29) is 5.91 Å². The Hall–Kier alpha value is -0.610. The summed E-state index contributed by atoms with van der Waals surface area (Å²) in [6.07, 6.45) is 1.23. The van der Waals surface area contributed by atoms with Crippen molar-refractivity contribution in [1.29, 1.82) is 0 Å². The van der Waals surface area contributed by atoms with Gasteiger partial charge in [-0.05, 0) is 20.3 Å². The quantitative estimate of drug-likeness (QED) is 0.723. The first-order chi connectivity index (χ1) is 6.44. The van der Waals surface area contributed by atoms with Gasteiger partial charge >= 0.3 is 0 Å². The zero-order valence-electron chi connectivity index (χ0n) is 9.29. The number of hydrogen-bond acceptors (Lipinski definition) is 3. The summed E-state index contributed by atoms with van der Waals surface area (Å²) in [5, 5.41) is 13.4. The fourth-order valence-corrected chi connectivity index (χ4v) is 1.61. The van der Waals surface area contributed by atoms with Crippen LogP contribution in [-0.4, -0.2) is 46.3 Å². The van der Waals surface area contributed by atoms with Gasteiger partial charge in [-0.15, -0.1) is 0 Å². The minimum absolute atomic E-state index is 0.177. The molecule has 1 heterocycles. The van der Waals surface area contributed by atoms with Crippen molar-refractivity contribution in [3.63, 3.8) is 0 Å². The molecule has 0 radical (unpaired) electrons. The molecule has 0 spiro atoms. The van der Waals surface area contributed by atoms with Gasteiger partial charge in [0.05, 0.1) is 5.60 Å². The fraction of sp³-hybridized carbons (Fsp3) is 0.900. The van der Waals surface area contributed by atoms with E-state index in [1.165, 1.54) is 0 Å². The smallest absolute Gasteiger partial charge is 0.238 e. The Labute approximate surface area is 85.5 Å². The van der Waals surface area contributed by atoms with Crippen molar-refractivity contribution in [2.24, 2.45) is 0 Å². The third-order valence-corrected chi connectivity index (χ3v) is 2.51. The summed E-state index contributed by atoms with van der Waals surface area (Å²) in [6, 6.07) is 0. The molecule has 0 aliphatic carbocycles. The monoisotopic (exact) mass is 200 g/mol. The van der Waals surface area contributed by atoms with Crippen LogP contribution in [0.3, 0.4) is 0 Å². The summed E-state index contributed by atoms with van der Waals surface area (Å²) in [5.41, 5.74) is -0.692. The number of carbonyl (C=O) groups is 1. The lowest BCUT2D eigenvalue weighted by Crippen LogP contribution is -2.41. The first-order valence-electron chi connectivity index (χ1n) is 5.21. The largest absolute Gasteiger partial charge is 0.390 e. The molecular weight excluding hydrogens is 180 g/mol. The van der Waals surface area contributed by atoms with Gasteiger partial charge in [0.25, 0.3) is 0 Å². The molecule has 0 atom stereocenters. The normalized spacial score (nSPS) is 19.4. The van der Waals surface area contributed by atoms with Crippen molar-refractivity contribution >= 4 is 5.91 Å². The van der Waals surface area contributed by atoms with Crippen LogP contribution >= 0.6 is 0 Å². The molecule has 82 valence electrons. The van der Waals surface area contributed by atoms with Crippen LogP contribution in [-0.2, 0) is 4.79 Å². The molecular formula is C10H20N2O2. The Morgan fingerprint density at radius 3 is 2.64 bits per heavy atom. The predicted molar refractivity (Wildman–Crippen MR) is 54.5 cm³/mol. The number of amides is 1. The summed E-state index contributed by atoms with van der Waals surface area (Å²) in [5.74, 6) is 0.177. The molecule has 1 rings (SSSR count). The standard InChI is InChI=1S/C10H20N2O2/c1-4-11-7-5-9(13)12(11)8-6-10(2,3)14/h14H,4-8H2,1-3H3. The fourth-order valence-electron chi connectivity index (χ4n) is 1.61. The van der Waals surface area contributed by atoms with Gasteiger partial charge in [-0.25, -0.2) is 5.01 Å². The van der Waals surface area contributed by atoms with Crippen LogP contribution in [0.4, 0.5) is 0 Å². The molecule has 0 aromatic rings. The molecule has 1 amide bonds. The topological polar surface area (TPSA) is 43.8 Å². The molecule has 1 aliphatic heterocycles. The Morgan fingerprint density at radius 2 is 2.14 bits per heavy atom. The molecule has 1 saturated heterocycles. The van der Waals surface area contributed by atoms with Crippen molar-refractivity contribution in [3.05, 3.63) is 0 Å². The molecule has 1 aliphatic rings. The van der Waals surface area contributed by atoms with Gasteiger partial charge in [-0.1, -0.05) is 6.92 Å². The van der Waals surface area contributed by atoms with E-state index in [1.54, 1.807) is 18.9 Å². The minimum Gasteiger partial charge on any atom is -0.390 e. The highest BCUT2D eigenvalue weighted by Gasteiger charge is 2.28. The Bertz CT molecular complexity index is 211. The van der Waals surface area contributed by atoms with E-state index in [1.807, 2.05) is 11.9 Å². The Morgan fingerprint density at radius 1 is 1.50 bits per heavy atom. The van der Waals surface area contributed by atoms with E-state index in [0.717, 1.165) is 13.1 Å². The lowest BCUT2D eigenvalue weighted by molar-refractivity contribution is -0.138. The van der Waals surface area contributed by atoms with Crippen LogP contribution in [0.25, 0.3) is 0 Å². The molecule has 0 aromatic heterocycles. The molecule has 1 fully saturated rings. The van der Waals surface area contributed by atoms with Gasteiger partial charge in [-0.3, -0.25) is 9.80 Å². The van der Waals surface area contributed by atoms with E-state index < -0.39 is 5.60 Å². The average molecular weight is 200 g/mol. The number of hydrogen-bond donors (Lipinski definition) is 1. The zero-order chi connectivity index (χ0) is 10.8. The highest BCUT2D eigenvalue weighted by atomic mass is 16.3. The lowest BCUT2D eigenvalue weighted by atomic mass is 10.1. The maximum absolute atomic E-state index is 11.5. The predicted octanol–water partition coefficient (Wildman–Crippen LogP) is 0.617. The summed E-state index contributed by atoms with van der Waals surface area (Å²) < 4.78 is 0. The molecule has 4 nitrogen and oxygen atoms in total. The summed E-state index contributed by atoms with van der Waals surface area (Å²) in [6.45, 7) is 7.87. The molecule has 0 unspecified atom stereocenters. The van der Waals surface area contributed by atoms with Crippen LogP contribution in [0.2, 0.25) is 0 Å². The maximum Gasteiger partial charge on any atom is 0.238 e. The van der Waals surface area contributed by atoms with Crippen molar-refractivity contribution in [2.45, 2.75) is 39.2 Å². The van der Waals surface area contributed by atoms with Crippen LogP contribution in [0.1, 0.15) is 33.6 Å². The third kappa shape index (κ3) is 2.96. The SMILES string of the molecule is CCN1CCC(=O)N1CCC(C)(C)O. The van der Waals surface area contributed by atoms with Gasteiger partial charge in [0.15, 0.2) is 0 Å². The van der Waals surface area contributed by atoms with E-state index in [2.05, 4.69) is 0 Å². The number of carbonyl (C=O) groups excluding carboxylic acids is 1. The molecule has 0 aromatic carbocycles. The van der Waals surface area contributed by atoms with E-state index in [0.29, 0.717) is 19.4 Å². The number of hydrazine groups is 1. The van der Waals surface area contributed by atoms with Crippen LogP contribution in [0, 0.1) is 0 Å². The van der Waals surface area contributed by atoms with Crippen molar-refractivity contribution in [1.82, 2.24) is 10.0 Å².